The van der Waals surface area contributed by atoms with Crippen LogP contribution in [0, 0.1) is 5.82 Å². The molecule has 0 saturated heterocycles. The third-order valence-corrected chi connectivity index (χ3v) is 5.38. The number of anilines is 2. The highest BCUT2D eigenvalue weighted by molar-refractivity contribution is 7.92. The molecular weight excluding hydrogens is 343 g/mol. The number of sulfonamides is 1. The van der Waals surface area contributed by atoms with Gasteiger partial charge in [-0.25, -0.2) is 12.8 Å². The quantitative estimate of drug-likeness (QED) is 0.889. The Morgan fingerprint density at radius 3 is 2.72 bits per heavy atom. The van der Waals surface area contributed by atoms with Crippen LogP contribution in [0.3, 0.4) is 0 Å². The van der Waals surface area contributed by atoms with Crippen LogP contribution in [0.4, 0.5) is 15.8 Å². The highest BCUT2D eigenvalue weighted by Crippen LogP contribution is 2.32. The molecule has 7 heteroatoms. The first-order valence-electron chi connectivity index (χ1n) is 7.98. The van der Waals surface area contributed by atoms with Crippen molar-refractivity contribution in [2.45, 2.75) is 19.3 Å². The van der Waals surface area contributed by atoms with E-state index in [2.05, 4.69) is 5.32 Å². The Bertz CT molecular complexity index is 912. The number of nitrogens with one attached hydrogen (secondary N) is 1. The van der Waals surface area contributed by atoms with Gasteiger partial charge in [-0.1, -0.05) is 24.3 Å². The van der Waals surface area contributed by atoms with E-state index in [0.29, 0.717) is 36.3 Å². The number of benzene rings is 2. The van der Waals surface area contributed by atoms with Crippen molar-refractivity contribution >= 4 is 27.3 Å². The van der Waals surface area contributed by atoms with Gasteiger partial charge >= 0.3 is 0 Å². The predicted octanol–water partition coefficient (Wildman–Crippen LogP) is 2.72. The summed E-state index contributed by atoms with van der Waals surface area (Å²) < 4.78 is 38.6. The standard InChI is InChI=1S/C18H19FN2O3S/c1-25(23,24)21-11-10-14-6-8-15(12-17(14)21)20-18(22)9-7-13-4-2-3-5-16(13)19/h2-6,8,12H,7,9-11H2,1H3,(H,20,22). The summed E-state index contributed by atoms with van der Waals surface area (Å²) >= 11 is 0. The summed E-state index contributed by atoms with van der Waals surface area (Å²) in [4.78, 5) is 12.1. The Balaban J connectivity index is 1.68. The van der Waals surface area contributed by atoms with Gasteiger partial charge in [0, 0.05) is 18.7 Å². The number of aryl methyl sites for hydroxylation is 1. The molecule has 0 saturated carbocycles. The molecule has 0 aliphatic carbocycles. The van der Waals surface area contributed by atoms with Crippen LogP contribution >= 0.6 is 0 Å². The molecule has 0 aromatic heterocycles. The van der Waals surface area contributed by atoms with Crippen molar-refractivity contribution in [3.63, 3.8) is 0 Å². The van der Waals surface area contributed by atoms with E-state index in [1.165, 1.54) is 16.6 Å². The fraction of sp³-hybridized carbons (Fsp3) is 0.278. The van der Waals surface area contributed by atoms with Crippen LogP contribution in [0.2, 0.25) is 0 Å². The van der Waals surface area contributed by atoms with E-state index in [1.54, 1.807) is 30.3 Å². The van der Waals surface area contributed by atoms with Gasteiger partial charge in [0.15, 0.2) is 0 Å². The molecule has 0 fully saturated rings. The fourth-order valence-corrected chi connectivity index (χ4v) is 3.90. The monoisotopic (exact) mass is 362 g/mol. The molecule has 1 amide bonds. The van der Waals surface area contributed by atoms with E-state index in [0.717, 1.165) is 5.56 Å². The molecule has 25 heavy (non-hydrogen) atoms. The van der Waals surface area contributed by atoms with Crippen LogP contribution in [0.25, 0.3) is 0 Å². The first-order valence-corrected chi connectivity index (χ1v) is 9.83. The normalized spacial score (nSPS) is 13.6. The van der Waals surface area contributed by atoms with Gasteiger partial charge in [-0.2, -0.15) is 0 Å². The lowest BCUT2D eigenvalue weighted by Crippen LogP contribution is -2.27. The van der Waals surface area contributed by atoms with Crippen LogP contribution < -0.4 is 9.62 Å². The molecule has 5 nitrogen and oxygen atoms in total. The summed E-state index contributed by atoms with van der Waals surface area (Å²) in [6.45, 7) is 0.416. The van der Waals surface area contributed by atoms with Gasteiger partial charge in [-0.3, -0.25) is 9.10 Å². The zero-order chi connectivity index (χ0) is 18.0. The molecule has 1 heterocycles. The zero-order valence-corrected chi connectivity index (χ0v) is 14.6. The van der Waals surface area contributed by atoms with Crippen molar-refractivity contribution in [3.05, 3.63) is 59.4 Å². The van der Waals surface area contributed by atoms with Crippen molar-refractivity contribution in [2.24, 2.45) is 0 Å². The summed E-state index contributed by atoms with van der Waals surface area (Å²) in [5, 5.41) is 2.75. The molecule has 1 aliphatic rings. The Hall–Kier alpha value is -2.41. The lowest BCUT2D eigenvalue weighted by molar-refractivity contribution is -0.116. The summed E-state index contributed by atoms with van der Waals surface area (Å²) in [5.74, 6) is -0.566. The predicted molar refractivity (Wildman–Crippen MR) is 95.7 cm³/mol. The second kappa shape index (κ2) is 6.84. The largest absolute Gasteiger partial charge is 0.326 e. The Morgan fingerprint density at radius 2 is 2.00 bits per heavy atom. The van der Waals surface area contributed by atoms with Crippen molar-refractivity contribution < 1.29 is 17.6 Å². The van der Waals surface area contributed by atoms with Crippen molar-refractivity contribution in [3.8, 4) is 0 Å². The molecule has 0 atom stereocenters. The number of hydrogen-bond acceptors (Lipinski definition) is 3. The molecule has 0 radical (unpaired) electrons. The molecule has 1 aliphatic heterocycles. The minimum Gasteiger partial charge on any atom is -0.326 e. The summed E-state index contributed by atoms with van der Waals surface area (Å²) in [5.41, 5.74) is 2.58. The molecule has 0 bridgehead atoms. The second-order valence-electron chi connectivity index (χ2n) is 6.07. The summed E-state index contributed by atoms with van der Waals surface area (Å²) in [6.07, 6.45) is 2.28. The number of fused-ring (bicyclic) bond motifs is 1. The SMILES string of the molecule is CS(=O)(=O)N1CCc2ccc(NC(=O)CCc3ccccc3F)cc21. The zero-order valence-electron chi connectivity index (χ0n) is 13.8. The third-order valence-electron chi connectivity index (χ3n) is 4.20. The van der Waals surface area contributed by atoms with Gasteiger partial charge in [0.1, 0.15) is 5.82 Å². The van der Waals surface area contributed by atoms with Crippen molar-refractivity contribution in [1.29, 1.82) is 0 Å². The van der Waals surface area contributed by atoms with Crippen LogP contribution in [-0.2, 0) is 27.7 Å². The second-order valence-corrected chi connectivity index (χ2v) is 7.98. The Morgan fingerprint density at radius 1 is 1.24 bits per heavy atom. The smallest absolute Gasteiger partial charge is 0.232 e. The number of hydrogen-bond donors (Lipinski definition) is 1. The van der Waals surface area contributed by atoms with E-state index in [9.17, 15) is 17.6 Å². The van der Waals surface area contributed by atoms with Gasteiger partial charge in [0.2, 0.25) is 15.9 Å². The molecule has 3 rings (SSSR count). The van der Waals surface area contributed by atoms with Crippen molar-refractivity contribution in [2.75, 3.05) is 22.4 Å². The van der Waals surface area contributed by atoms with E-state index < -0.39 is 10.0 Å². The Kier molecular flexibility index (Phi) is 4.76. The summed E-state index contributed by atoms with van der Waals surface area (Å²) in [7, 11) is -3.33. The molecule has 132 valence electrons. The molecule has 2 aromatic rings. The molecule has 1 N–H and O–H groups in total. The maximum absolute atomic E-state index is 13.6. The lowest BCUT2D eigenvalue weighted by Gasteiger charge is -2.17. The van der Waals surface area contributed by atoms with Gasteiger partial charge in [0.05, 0.1) is 11.9 Å². The van der Waals surface area contributed by atoms with Crippen molar-refractivity contribution in [1.82, 2.24) is 0 Å². The van der Waals surface area contributed by atoms with Gasteiger partial charge in [-0.15, -0.1) is 0 Å². The molecule has 0 spiro atoms. The number of nitrogens with zero attached hydrogens (tertiary/aromatic N) is 1. The van der Waals surface area contributed by atoms with E-state index in [1.807, 2.05) is 6.07 Å². The first kappa shape index (κ1) is 17.4. The Labute approximate surface area is 146 Å². The molecule has 2 aromatic carbocycles. The average molecular weight is 362 g/mol. The van der Waals surface area contributed by atoms with Crippen LogP contribution in [-0.4, -0.2) is 27.1 Å². The van der Waals surface area contributed by atoms with Crippen LogP contribution in [0.1, 0.15) is 17.5 Å². The number of rotatable bonds is 5. The fourth-order valence-electron chi connectivity index (χ4n) is 2.94. The average Bonchev–Trinajstić information content (AvgIpc) is 2.97. The van der Waals surface area contributed by atoms with E-state index in [4.69, 9.17) is 0 Å². The summed E-state index contributed by atoms with van der Waals surface area (Å²) in [6, 6.07) is 11.6. The molecule has 0 unspecified atom stereocenters. The van der Waals surface area contributed by atoms with Gasteiger partial charge in [0.25, 0.3) is 0 Å². The first-order chi connectivity index (χ1) is 11.8. The number of carbonyl (C=O) groups excluding carboxylic acids is 1. The topological polar surface area (TPSA) is 66.5 Å². The minimum absolute atomic E-state index is 0.147. The van der Waals surface area contributed by atoms with Gasteiger partial charge in [-0.05, 0) is 42.2 Å². The third kappa shape index (κ3) is 3.99. The van der Waals surface area contributed by atoms with Crippen LogP contribution in [0.15, 0.2) is 42.5 Å². The number of amides is 1. The van der Waals surface area contributed by atoms with E-state index >= 15 is 0 Å². The maximum Gasteiger partial charge on any atom is 0.232 e. The maximum atomic E-state index is 13.6. The van der Waals surface area contributed by atoms with Crippen LogP contribution in [0.5, 0.6) is 0 Å². The number of carbonyl (C=O) groups is 1. The highest BCUT2D eigenvalue weighted by Gasteiger charge is 2.26. The van der Waals surface area contributed by atoms with E-state index in [-0.39, 0.29) is 18.1 Å². The number of halogens is 1. The highest BCUT2D eigenvalue weighted by atomic mass is 32.2. The lowest BCUT2D eigenvalue weighted by atomic mass is 10.1. The molecular formula is C18H19FN2O3S. The minimum atomic E-state index is -3.33. The van der Waals surface area contributed by atoms with Gasteiger partial charge < -0.3 is 5.32 Å².